The molecule has 0 spiro atoms. The predicted molar refractivity (Wildman–Crippen MR) is 133 cm³/mol. The Labute approximate surface area is 199 Å². The van der Waals surface area contributed by atoms with E-state index in [4.69, 9.17) is 9.47 Å². The molecule has 5 rings (SSSR count). The molecule has 0 bridgehead atoms. The smallest absolute Gasteiger partial charge is 0.258 e. The monoisotopic (exact) mass is 454 g/mol. The first-order valence-electron chi connectivity index (χ1n) is 11.5. The fourth-order valence-corrected chi connectivity index (χ4v) is 4.25. The van der Waals surface area contributed by atoms with Crippen molar-refractivity contribution in [1.82, 2.24) is 0 Å². The lowest BCUT2D eigenvalue weighted by Gasteiger charge is -2.25. The van der Waals surface area contributed by atoms with Crippen LogP contribution in [0.5, 0.6) is 11.5 Å². The van der Waals surface area contributed by atoms with Gasteiger partial charge in [-0.2, -0.15) is 0 Å². The molecule has 2 amide bonds. The molecule has 3 aromatic rings. The molecule has 3 aromatic carbocycles. The van der Waals surface area contributed by atoms with Crippen LogP contribution in [0.3, 0.4) is 0 Å². The molecule has 0 aromatic heterocycles. The molecule has 2 heterocycles. The summed E-state index contributed by atoms with van der Waals surface area (Å²) in [6, 6.07) is 22.8. The molecule has 1 fully saturated rings. The van der Waals surface area contributed by atoms with Crippen LogP contribution < -0.4 is 19.3 Å². The minimum absolute atomic E-state index is 0.0964. The van der Waals surface area contributed by atoms with Crippen LogP contribution in [-0.4, -0.2) is 38.1 Å². The largest absolute Gasteiger partial charge is 0.486 e. The van der Waals surface area contributed by atoms with E-state index in [0.29, 0.717) is 49.8 Å². The van der Waals surface area contributed by atoms with Gasteiger partial charge in [0.25, 0.3) is 5.91 Å². The summed E-state index contributed by atoms with van der Waals surface area (Å²) in [5.41, 5.74) is 3.07. The lowest BCUT2D eigenvalue weighted by atomic mass is 10.1. The van der Waals surface area contributed by atoms with Gasteiger partial charge in [0, 0.05) is 42.5 Å². The highest BCUT2D eigenvalue weighted by molar-refractivity contribution is 6.07. The first-order chi connectivity index (χ1) is 16.7. The SMILES string of the molecule is O=C1CCCN1c1cccc(C(=O)N(C/C=C/c2ccccc2)c2ccc3c(c2)OCCO3)c1. The summed E-state index contributed by atoms with van der Waals surface area (Å²) < 4.78 is 11.4. The van der Waals surface area contributed by atoms with Crippen molar-refractivity contribution in [2.24, 2.45) is 0 Å². The standard InChI is InChI=1S/C28H26N2O4/c31-27-12-6-15-29(27)23-11-4-10-22(19-23)28(32)30(16-5-9-21-7-2-1-3-8-21)24-13-14-25-26(20-24)34-18-17-33-25/h1-5,7-11,13-14,19-20H,6,12,15-18H2/b9-5+. The van der Waals surface area contributed by atoms with Crippen LogP contribution >= 0.6 is 0 Å². The van der Waals surface area contributed by atoms with E-state index < -0.39 is 0 Å². The Bertz CT molecular complexity index is 1220. The number of nitrogens with zero attached hydrogens (tertiary/aromatic N) is 2. The van der Waals surface area contributed by atoms with Gasteiger partial charge in [0.15, 0.2) is 11.5 Å². The Morgan fingerprint density at radius 2 is 1.76 bits per heavy atom. The number of benzene rings is 3. The summed E-state index contributed by atoms with van der Waals surface area (Å²) in [5, 5.41) is 0. The number of carbonyl (C=O) groups excluding carboxylic acids is 2. The van der Waals surface area contributed by atoms with Crippen molar-refractivity contribution in [3.63, 3.8) is 0 Å². The van der Waals surface area contributed by atoms with E-state index in [1.807, 2.05) is 72.8 Å². The topological polar surface area (TPSA) is 59.1 Å². The predicted octanol–water partition coefficient (Wildman–Crippen LogP) is 4.94. The average molecular weight is 455 g/mol. The third-order valence-corrected chi connectivity index (χ3v) is 5.96. The van der Waals surface area contributed by atoms with Crippen LogP contribution in [0.2, 0.25) is 0 Å². The van der Waals surface area contributed by atoms with Crippen molar-refractivity contribution in [2.45, 2.75) is 12.8 Å². The molecular weight excluding hydrogens is 428 g/mol. The number of carbonyl (C=O) groups is 2. The van der Waals surface area contributed by atoms with E-state index in [1.165, 1.54) is 0 Å². The molecule has 34 heavy (non-hydrogen) atoms. The van der Waals surface area contributed by atoms with Gasteiger partial charge in [0.2, 0.25) is 5.91 Å². The Morgan fingerprint density at radius 3 is 2.56 bits per heavy atom. The van der Waals surface area contributed by atoms with Gasteiger partial charge in [-0.1, -0.05) is 48.6 Å². The lowest BCUT2D eigenvalue weighted by Crippen LogP contribution is -2.31. The molecular formula is C28H26N2O4. The quantitative estimate of drug-likeness (QED) is 0.529. The molecule has 0 saturated carbocycles. The number of rotatable bonds is 6. The molecule has 0 aliphatic carbocycles. The van der Waals surface area contributed by atoms with Gasteiger partial charge in [0.1, 0.15) is 13.2 Å². The molecule has 0 atom stereocenters. The maximum absolute atomic E-state index is 13.7. The maximum atomic E-state index is 13.7. The van der Waals surface area contributed by atoms with Gasteiger partial charge < -0.3 is 19.3 Å². The number of ether oxygens (including phenoxy) is 2. The van der Waals surface area contributed by atoms with Gasteiger partial charge in [-0.3, -0.25) is 9.59 Å². The van der Waals surface area contributed by atoms with Gasteiger partial charge in [-0.15, -0.1) is 0 Å². The normalized spacial score (nSPS) is 15.1. The van der Waals surface area contributed by atoms with Gasteiger partial charge in [-0.25, -0.2) is 0 Å². The van der Waals surface area contributed by atoms with E-state index in [0.717, 1.165) is 23.4 Å². The fourth-order valence-electron chi connectivity index (χ4n) is 4.25. The second-order valence-corrected chi connectivity index (χ2v) is 8.26. The number of anilines is 2. The second kappa shape index (κ2) is 9.83. The zero-order valence-corrected chi connectivity index (χ0v) is 18.9. The van der Waals surface area contributed by atoms with E-state index in [1.54, 1.807) is 21.9 Å². The van der Waals surface area contributed by atoms with Crippen LogP contribution in [-0.2, 0) is 4.79 Å². The van der Waals surface area contributed by atoms with Crippen LogP contribution in [0, 0.1) is 0 Å². The summed E-state index contributed by atoms with van der Waals surface area (Å²) in [4.78, 5) is 29.4. The molecule has 172 valence electrons. The fraction of sp³-hybridized carbons (Fsp3) is 0.214. The molecule has 0 N–H and O–H groups in total. The van der Waals surface area contributed by atoms with Crippen LogP contribution in [0.15, 0.2) is 78.9 Å². The Balaban J connectivity index is 1.45. The van der Waals surface area contributed by atoms with Crippen molar-refractivity contribution < 1.29 is 19.1 Å². The molecule has 0 unspecified atom stereocenters. The molecule has 6 heteroatoms. The molecule has 2 aliphatic heterocycles. The Morgan fingerprint density at radius 1 is 0.941 bits per heavy atom. The van der Waals surface area contributed by atoms with Crippen molar-refractivity contribution in [1.29, 1.82) is 0 Å². The van der Waals surface area contributed by atoms with Crippen molar-refractivity contribution >= 4 is 29.3 Å². The molecule has 1 saturated heterocycles. The highest BCUT2D eigenvalue weighted by atomic mass is 16.6. The highest BCUT2D eigenvalue weighted by Gasteiger charge is 2.24. The first-order valence-corrected chi connectivity index (χ1v) is 11.5. The number of hydrogen-bond acceptors (Lipinski definition) is 4. The third kappa shape index (κ3) is 4.66. The third-order valence-electron chi connectivity index (χ3n) is 5.96. The van der Waals surface area contributed by atoms with E-state index >= 15 is 0 Å². The van der Waals surface area contributed by atoms with Crippen LogP contribution in [0.25, 0.3) is 6.08 Å². The zero-order chi connectivity index (χ0) is 23.3. The second-order valence-electron chi connectivity index (χ2n) is 8.26. The van der Waals surface area contributed by atoms with Crippen molar-refractivity contribution in [3.05, 3.63) is 90.0 Å². The van der Waals surface area contributed by atoms with Crippen molar-refractivity contribution in [3.8, 4) is 11.5 Å². The summed E-state index contributed by atoms with van der Waals surface area (Å²) in [6.07, 6.45) is 5.35. The van der Waals surface area contributed by atoms with E-state index in [9.17, 15) is 9.59 Å². The van der Waals surface area contributed by atoms with Gasteiger partial charge >= 0.3 is 0 Å². The molecule has 6 nitrogen and oxygen atoms in total. The van der Waals surface area contributed by atoms with Crippen molar-refractivity contribution in [2.75, 3.05) is 36.1 Å². The Hall–Kier alpha value is -4.06. The van der Waals surface area contributed by atoms with Crippen LogP contribution in [0.4, 0.5) is 11.4 Å². The van der Waals surface area contributed by atoms with Gasteiger partial charge in [0.05, 0.1) is 0 Å². The van der Waals surface area contributed by atoms with E-state index in [-0.39, 0.29) is 11.8 Å². The molecule has 0 radical (unpaired) electrons. The summed E-state index contributed by atoms with van der Waals surface area (Å²) in [5.74, 6) is 1.25. The van der Waals surface area contributed by atoms with Crippen LogP contribution in [0.1, 0.15) is 28.8 Å². The number of amides is 2. The highest BCUT2D eigenvalue weighted by Crippen LogP contribution is 2.34. The van der Waals surface area contributed by atoms with E-state index in [2.05, 4.69) is 0 Å². The summed E-state index contributed by atoms with van der Waals surface area (Å²) in [6.45, 7) is 2.05. The first kappa shape index (κ1) is 21.8. The minimum atomic E-state index is -0.150. The number of hydrogen-bond donors (Lipinski definition) is 0. The summed E-state index contributed by atoms with van der Waals surface area (Å²) in [7, 11) is 0. The zero-order valence-electron chi connectivity index (χ0n) is 18.9. The summed E-state index contributed by atoms with van der Waals surface area (Å²) >= 11 is 0. The average Bonchev–Trinajstić information content (AvgIpc) is 3.32. The lowest BCUT2D eigenvalue weighted by molar-refractivity contribution is -0.117. The maximum Gasteiger partial charge on any atom is 0.258 e. The van der Waals surface area contributed by atoms with Gasteiger partial charge in [-0.05, 0) is 42.3 Å². The molecule has 2 aliphatic rings. The Kier molecular flexibility index (Phi) is 6.29. The number of fused-ring (bicyclic) bond motifs is 1. The minimum Gasteiger partial charge on any atom is -0.486 e.